The second-order valence-corrected chi connectivity index (χ2v) is 4.56. The maximum atomic E-state index is 12.7. The van der Waals surface area contributed by atoms with Crippen molar-refractivity contribution >= 4 is 0 Å². The molecule has 8 heteroatoms. The first-order valence-electron chi connectivity index (χ1n) is 5.67. The van der Waals surface area contributed by atoms with Gasteiger partial charge in [0, 0.05) is 6.42 Å². The van der Waals surface area contributed by atoms with E-state index >= 15 is 0 Å². The Labute approximate surface area is 112 Å². The smallest absolute Gasteiger partial charge is 0.415 e. The lowest BCUT2D eigenvalue weighted by atomic mass is 10.0. The zero-order chi connectivity index (χ0) is 15.0. The molecule has 5 nitrogen and oxygen atoms in total. The van der Waals surface area contributed by atoms with Crippen LogP contribution in [0.15, 0.2) is 28.8 Å². The van der Waals surface area contributed by atoms with E-state index in [9.17, 15) is 13.2 Å². The van der Waals surface area contributed by atoms with Crippen molar-refractivity contribution < 1.29 is 22.8 Å². The second-order valence-electron chi connectivity index (χ2n) is 4.56. The molecule has 2 rings (SSSR count). The quantitative estimate of drug-likeness (QED) is 0.903. The Bertz CT molecular complexity index is 591. The highest BCUT2D eigenvalue weighted by atomic mass is 19.4. The largest absolute Gasteiger partial charge is 0.508 e. The number of phenols is 1. The van der Waals surface area contributed by atoms with Crippen molar-refractivity contribution in [2.45, 2.75) is 25.1 Å². The molecule has 1 unspecified atom stereocenters. The van der Waals surface area contributed by atoms with Gasteiger partial charge in [-0.3, -0.25) is 0 Å². The summed E-state index contributed by atoms with van der Waals surface area (Å²) >= 11 is 0. The van der Waals surface area contributed by atoms with Gasteiger partial charge in [-0.15, -0.1) is 0 Å². The first-order valence-corrected chi connectivity index (χ1v) is 5.67. The van der Waals surface area contributed by atoms with Crippen molar-refractivity contribution in [1.29, 1.82) is 0 Å². The van der Waals surface area contributed by atoms with Crippen molar-refractivity contribution in [3.05, 3.63) is 41.5 Å². The van der Waals surface area contributed by atoms with Crippen LogP contribution in [0.4, 0.5) is 13.2 Å². The van der Waals surface area contributed by atoms with Crippen molar-refractivity contribution in [3.63, 3.8) is 0 Å². The highest BCUT2D eigenvalue weighted by Gasteiger charge is 2.53. The number of hydrogen-bond donors (Lipinski definition) is 2. The lowest BCUT2D eigenvalue weighted by molar-refractivity contribution is -0.190. The average molecular weight is 287 g/mol. The van der Waals surface area contributed by atoms with Gasteiger partial charge in [-0.2, -0.15) is 18.2 Å². The van der Waals surface area contributed by atoms with Crippen LogP contribution in [0.1, 0.15) is 24.2 Å². The van der Waals surface area contributed by atoms with Gasteiger partial charge in [-0.25, -0.2) is 0 Å². The molecule has 20 heavy (non-hydrogen) atoms. The summed E-state index contributed by atoms with van der Waals surface area (Å²) in [6.45, 7) is 0.769. The minimum absolute atomic E-state index is 0.0895. The third-order valence-corrected chi connectivity index (χ3v) is 2.80. The minimum atomic E-state index is -4.69. The Hall–Kier alpha value is -2.09. The number of nitrogens with zero attached hydrogens (tertiary/aromatic N) is 2. The van der Waals surface area contributed by atoms with Crippen LogP contribution < -0.4 is 5.73 Å². The van der Waals surface area contributed by atoms with Gasteiger partial charge in [-0.1, -0.05) is 17.3 Å². The van der Waals surface area contributed by atoms with Crippen molar-refractivity contribution in [2.75, 3.05) is 0 Å². The average Bonchev–Trinajstić information content (AvgIpc) is 2.80. The van der Waals surface area contributed by atoms with Crippen LogP contribution in [0.2, 0.25) is 0 Å². The molecule has 0 fully saturated rings. The zero-order valence-electron chi connectivity index (χ0n) is 10.5. The number of phenolic OH excluding ortho intramolecular Hbond substituents is 1. The first-order chi connectivity index (χ1) is 9.20. The fourth-order valence-electron chi connectivity index (χ4n) is 1.45. The lowest BCUT2D eigenvalue weighted by Gasteiger charge is -2.22. The molecular weight excluding hydrogens is 275 g/mol. The van der Waals surface area contributed by atoms with Crippen molar-refractivity contribution in [3.8, 4) is 5.75 Å². The number of halogens is 3. The maximum absolute atomic E-state index is 12.7. The third-order valence-electron chi connectivity index (χ3n) is 2.80. The van der Waals surface area contributed by atoms with E-state index in [0.717, 1.165) is 12.5 Å². The summed E-state index contributed by atoms with van der Waals surface area (Å²) < 4.78 is 42.8. The molecule has 108 valence electrons. The number of hydrogen-bond acceptors (Lipinski definition) is 5. The van der Waals surface area contributed by atoms with E-state index in [2.05, 4.69) is 14.7 Å². The minimum Gasteiger partial charge on any atom is -0.508 e. The van der Waals surface area contributed by atoms with Gasteiger partial charge >= 0.3 is 6.18 Å². The van der Waals surface area contributed by atoms with E-state index in [4.69, 9.17) is 10.8 Å². The predicted molar refractivity (Wildman–Crippen MR) is 62.8 cm³/mol. The third kappa shape index (κ3) is 2.74. The van der Waals surface area contributed by atoms with Crippen molar-refractivity contribution in [1.82, 2.24) is 10.1 Å². The standard InChI is InChI=1S/C12H12F3N3O2/c1-11(16,12(13,14)15)10-17-9(18-20-10)6-7-2-4-8(19)5-3-7/h2-5,19H,6,16H2,1H3. The van der Waals surface area contributed by atoms with Gasteiger partial charge < -0.3 is 15.4 Å². The Morgan fingerprint density at radius 1 is 1.25 bits per heavy atom. The van der Waals surface area contributed by atoms with Crippen LogP contribution in [-0.2, 0) is 12.0 Å². The van der Waals surface area contributed by atoms with Crippen LogP contribution in [0.3, 0.4) is 0 Å². The number of benzene rings is 1. The molecule has 0 saturated carbocycles. The van der Waals surface area contributed by atoms with E-state index in [0.29, 0.717) is 0 Å². The molecule has 0 radical (unpaired) electrons. The molecule has 0 aliphatic heterocycles. The zero-order valence-corrected chi connectivity index (χ0v) is 10.5. The Morgan fingerprint density at radius 2 is 1.85 bits per heavy atom. The molecule has 0 saturated heterocycles. The molecule has 1 aromatic carbocycles. The van der Waals surface area contributed by atoms with Gasteiger partial charge in [0.05, 0.1) is 0 Å². The van der Waals surface area contributed by atoms with Gasteiger partial charge in [0.15, 0.2) is 11.4 Å². The molecule has 1 heterocycles. The van der Waals surface area contributed by atoms with Gasteiger partial charge in [-0.05, 0) is 24.6 Å². The molecular formula is C12H12F3N3O2. The predicted octanol–water partition coefficient (Wildman–Crippen LogP) is 2.10. The summed E-state index contributed by atoms with van der Waals surface area (Å²) in [6, 6.07) is 6.13. The van der Waals surface area contributed by atoms with E-state index in [1.807, 2.05) is 0 Å². The van der Waals surface area contributed by atoms with Crippen LogP contribution in [-0.4, -0.2) is 21.4 Å². The molecule has 1 atom stereocenters. The topological polar surface area (TPSA) is 85.2 Å². The fourth-order valence-corrected chi connectivity index (χ4v) is 1.45. The molecule has 0 aliphatic carbocycles. The van der Waals surface area contributed by atoms with Crippen LogP contribution in [0, 0.1) is 0 Å². The van der Waals surface area contributed by atoms with E-state index in [1.54, 1.807) is 12.1 Å². The van der Waals surface area contributed by atoms with E-state index in [1.165, 1.54) is 12.1 Å². The second kappa shape index (κ2) is 4.78. The van der Waals surface area contributed by atoms with Crippen LogP contribution in [0.25, 0.3) is 0 Å². The summed E-state index contributed by atoms with van der Waals surface area (Å²) in [4.78, 5) is 3.68. The first kappa shape index (κ1) is 14.3. The Balaban J connectivity index is 2.19. The van der Waals surface area contributed by atoms with Gasteiger partial charge in [0.2, 0.25) is 0 Å². The maximum Gasteiger partial charge on any atom is 0.415 e. The summed E-state index contributed by atoms with van der Waals surface area (Å²) in [6.07, 6.45) is -4.51. The molecule has 0 bridgehead atoms. The number of aromatic hydroxyl groups is 1. The van der Waals surface area contributed by atoms with Crippen LogP contribution >= 0.6 is 0 Å². The summed E-state index contributed by atoms with van der Waals surface area (Å²) in [5, 5.41) is 12.6. The van der Waals surface area contributed by atoms with E-state index < -0.39 is 17.6 Å². The van der Waals surface area contributed by atoms with Gasteiger partial charge in [0.25, 0.3) is 5.89 Å². The normalized spacial score (nSPS) is 15.1. The molecule has 2 aromatic rings. The lowest BCUT2D eigenvalue weighted by Crippen LogP contribution is -2.48. The summed E-state index contributed by atoms with van der Waals surface area (Å²) in [5.74, 6) is -0.500. The number of rotatable bonds is 3. The fraction of sp³-hybridized carbons (Fsp3) is 0.333. The Kier molecular flexibility index (Phi) is 3.43. The van der Waals surface area contributed by atoms with Crippen molar-refractivity contribution in [2.24, 2.45) is 5.73 Å². The van der Waals surface area contributed by atoms with E-state index in [-0.39, 0.29) is 18.0 Å². The molecule has 0 spiro atoms. The van der Waals surface area contributed by atoms with Crippen LogP contribution in [0.5, 0.6) is 5.75 Å². The SMILES string of the molecule is CC(N)(c1nc(Cc2ccc(O)cc2)no1)C(F)(F)F. The summed E-state index contributed by atoms with van der Waals surface area (Å²) in [7, 11) is 0. The number of aromatic nitrogens is 2. The highest BCUT2D eigenvalue weighted by Crippen LogP contribution is 2.35. The van der Waals surface area contributed by atoms with Gasteiger partial charge in [0.1, 0.15) is 5.75 Å². The number of alkyl halides is 3. The molecule has 0 amide bonds. The molecule has 1 aromatic heterocycles. The highest BCUT2D eigenvalue weighted by molar-refractivity contribution is 5.27. The number of nitrogens with two attached hydrogens (primary N) is 1. The summed E-state index contributed by atoms with van der Waals surface area (Å²) in [5.41, 5.74) is 3.22. The molecule has 0 aliphatic rings. The Morgan fingerprint density at radius 3 is 2.40 bits per heavy atom. The molecule has 3 N–H and O–H groups in total. The monoisotopic (exact) mass is 287 g/mol.